The molecular weight excluding hydrogens is 264 g/mol. The molecule has 0 radical (unpaired) electrons. The Labute approximate surface area is 107 Å². The fourth-order valence-electron chi connectivity index (χ4n) is 2.13. The first-order valence-electron chi connectivity index (χ1n) is 5.66. The van der Waals surface area contributed by atoms with Gasteiger partial charge in [0.15, 0.2) is 11.2 Å². The van der Waals surface area contributed by atoms with E-state index in [1.54, 1.807) is 12.1 Å². The zero-order valence-corrected chi connectivity index (χ0v) is 9.77. The summed E-state index contributed by atoms with van der Waals surface area (Å²) in [4.78, 5) is 52.2. The van der Waals surface area contributed by atoms with E-state index in [0.717, 1.165) is 0 Å². The molecule has 9 heteroatoms. The Balaban J connectivity index is 2.26. The zero-order valence-electron chi connectivity index (χ0n) is 9.77. The first-order chi connectivity index (χ1) is 9.60. The van der Waals surface area contributed by atoms with Crippen LogP contribution in [-0.2, 0) is 0 Å². The fraction of sp³-hybridized carbons (Fsp3) is 0. The normalized spacial score (nSPS) is 11.6. The van der Waals surface area contributed by atoms with E-state index >= 15 is 0 Å². The minimum Gasteiger partial charge on any atom is -0.306 e. The third-order valence-electron chi connectivity index (χ3n) is 2.97. The molecule has 3 aromatic heterocycles. The second-order valence-corrected chi connectivity index (χ2v) is 4.29. The highest BCUT2D eigenvalue weighted by atomic mass is 16.2. The number of aromatic nitrogens is 6. The van der Waals surface area contributed by atoms with E-state index in [2.05, 4.69) is 29.9 Å². The van der Waals surface area contributed by atoms with Crippen LogP contribution in [0.25, 0.3) is 33.2 Å². The van der Waals surface area contributed by atoms with Gasteiger partial charge in [-0.25, -0.2) is 19.6 Å². The summed E-state index contributed by atoms with van der Waals surface area (Å²) in [5.74, 6) is 0. The average molecular weight is 270 g/mol. The number of benzene rings is 1. The third kappa shape index (κ3) is 1.40. The van der Waals surface area contributed by atoms with Crippen LogP contribution in [0.5, 0.6) is 0 Å². The van der Waals surface area contributed by atoms with E-state index in [9.17, 15) is 14.4 Å². The Hall–Kier alpha value is -3.23. The topological polar surface area (TPSA) is 140 Å². The lowest BCUT2D eigenvalue weighted by atomic mass is 10.2. The minimum absolute atomic E-state index is 0.0364. The van der Waals surface area contributed by atoms with Gasteiger partial charge in [-0.15, -0.1) is 0 Å². The van der Waals surface area contributed by atoms with Crippen LogP contribution in [0.15, 0.2) is 26.5 Å². The van der Waals surface area contributed by atoms with E-state index < -0.39 is 11.2 Å². The molecule has 0 spiro atoms. The lowest BCUT2D eigenvalue weighted by Crippen LogP contribution is -2.23. The maximum atomic E-state index is 11.7. The van der Waals surface area contributed by atoms with Crippen LogP contribution in [0.4, 0.5) is 0 Å². The van der Waals surface area contributed by atoms with Gasteiger partial charge < -0.3 is 9.97 Å². The molecule has 20 heavy (non-hydrogen) atoms. The number of nitrogens with zero attached hydrogens (tertiary/aromatic N) is 2. The molecule has 1 aromatic carbocycles. The molecule has 0 aliphatic heterocycles. The van der Waals surface area contributed by atoms with Gasteiger partial charge in [0.2, 0.25) is 0 Å². The van der Waals surface area contributed by atoms with Crippen molar-refractivity contribution in [2.45, 2.75) is 0 Å². The highest BCUT2D eigenvalue weighted by Gasteiger charge is 2.08. The van der Waals surface area contributed by atoms with Gasteiger partial charge in [0.1, 0.15) is 0 Å². The molecule has 0 unspecified atom stereocenters. The lowest BCUT2D eigenvalue weighted by Gasteiger charge is -1.99. The van der Waals surface area contributed by atoms with Crippen LogP contribution in [0.1, 0.15) is 0 Å². The van der Waals surface area contributed by atoms with Crippen molar-refractivity contribution in [2.75, 3.05) is 0 Å². The summed E-state index contributed by atoms with van der Waals surface area (Å²) >= 11 is 0. The fourth-order valence-corrected chi connectivity index (χ4v) is 2.13. The summed E-state index contributed by atoms with van der Waals surface area (Å²) in [5.41, 5.74) is 0.580. The molecule has 0 saturated heterocycles. The molecule has 4 rings (SSSR count). The van der Waals surface area contributed by atoms with Gasteiger partial charge in [-0.05, 0) is 12.1 Å². The van der Waals surface area contributed by atoms with Crippen molar-refractivity contribution in [1.29, 1.82) is 0 Å². The maximum absolute atomic E-state index is 11.7. The van der Waals surface area contributed by atoms with Gasteiger partial charge in [-0.1, -0.05) is 0 Å². The van der Waals surface area contributed by atoms with Gasteiger partial charge in [0.25, 0.3) is 5.56 Å². The molecule has 0 amide bonds. The number of nitrogens with one attached hydrogen (secondary N) is 4. The summed E-state index contributed by atoms with van der Waals surface area (Å²) in [6, 6.07) is 3.23. The van der Waals surface area contributed by atoms with Crippen LogP contribution in [0.2, 0.25) is 0 Å². The van der Waals surface area contributed by atoms with Crippen LogP contribution in [0, 0.1) is 0 Å². The van der Waals surface area contributed by atoms with Crippen LogP contribution >= 0.6 is 0 Å². The van der Waals surface area contributed by atoms with Crippen molar-refractivity contribution in [2.24, 2.45) is 0 Å². The highest BCUT2D eigenvalue weighted by molar-refractivity contribution is 5.93. The zero-order chi connectivity index (χ0) is 13.9. The largest absolute Gasteiger partial charge is 0.327 e. The molecule has 4 aromatic rings. The minimum atomic E-state index is -0.646. The number of fused-ring (bicyclic) bond motifs is 3. The molecule has 0 bridgehead atoms. The van der Waals surface area contributed by atoms with Gasteiger partial charge in [0.05, 0.1) is 22.1 Å². The average Bonchev–Trinajstić information content (AvgIpc) is 2.73. The van der Waals surface area contributed by atoms with E-state index in [4.69, 9.17) is 0 Å². The predicted molar refractivity (Wildman–Crippen MR) is 70.8 cm³/mol. The van der Waals surface area contributed by atoms with E-state index in [0.29, 0.717) is 22.1 Å². The molecule has 0 aliphatic rings. The van der Waals surface area contributed by atoms with Gasteiger partial charge in [-0.3, -0.25) is 14.8 Å². The second kappa shape index (κ2) is 3.41. The number of hydrogen-bond acceptors (Lipinski definition) is 5. The summed E-state index contributed by atoms with van der Waals surface area (Å²) < 4.78 is 0. The highest BCUT2D eigenvalue weighted by Crippen LogP contribution is 2.17. The quantitative estimate of drug-likeness (QED) is 0.314. The molecule has 3 heterocycles. The smallest absolute Gasteiger partial charge is 0.306 e. The van der Waals surface area contributed by atoms with Crippen molar-refractivity contribution in [3.8, 4) is 0 Å². The molecule has 0 aliphatic carbocycles. The maximum Gasteiger partial charge on any atom is 0.327 e. The Kier molecular flexibility index (Phi) is 1.82. The van der Waals surface area contributed by atoms with Gasteiger partial charge >= 0.3 is 11.4 Å². The number of H-pyrrole nitrogens is 4. The molecular formula is C11H6N6O3. The summed E-state index contributed by atoms with van der Waals surface area (Å²) in [6.07, 6.45) is 0. The molecule has 98 valence electrons. The van der Waals surface area contributed by atoms with Crippen molar-refractivity contribution in [3.05, 3.63) is 43.5 Å². The van der Waals surface area contributed by atoms with E-state index in [1.165, 1.54) is 0 Å². The number of hydrogen-bond donors (Lipinski definition) is 4. The Bertz CT molecular complexity index is 1160. The van der Waals surface area contributed by atoms with Gasteiger partial charge in [-0.2, -0.15) is 0 Å². The number of rotatable bonds is 0. The number of aromatic amines is 4. The standard InChI is InChI=1S/C11H6N6O3/c18-9-7-8(16-11(20)17-9)13-4-2-6-5(1-3(4)12-7)14-10(19)15-6/h1-2H,(H2,14,15,19)(H2,13,16,17,18,20). The van der Waals surface area contributed by atoms with Crippen molar-refractivity contribution < 1.29 is 0 Å². The first kappa shape index (κ1) is 10.7. The monoisotopic (exact) mass is 270 g/mol. The first-order valence-corrected chi connectivity index (χ1v) is 5.66. The lowest BCUT2D eigenvalue weighted by molar-refractivity contribution is 1.05. The summed E-state index contributed by atoms with van der Waals surface area (Å²) in [5, 5.41) is 0. The van der Waals surface area contributed by atoms with E-state index in [-0.39, 0.29) is 16.9 Å². The Morgan fingerprint density at radius 3 is 2.05 bits per heavy atom. The Morgan fingerprint density at radius 1 is 0.750 bits per heavy atom. The predicted octanol–water partition coefficient (Wildman–Crippen LogP) is -0.671. The van der Waals surface area contributed by atoms with Crippen molar-refractivity contribution in [1.82, 2.24) is 29.9 Å². The number of imidazole rings is 1. The molecule has 0 atom stereocenters. The molecule has 0 fully saturated rings. The second-order valence-electron chi connectivity index (χ2n) is 4.29. The summed E-state index contributed by atoms with van der Waals surface area (Å²) in [6.45, 7) is 0. The van der Waals surface area contributed by atoms with Gasteiger partial charge in [0, 0.05) is 0 Å². The third-order valence-corrected chi connectivity index (χ3v) is 2.97. The van der Waals surface area contributed by atoms with Crippen molar-refractivity contribution in [3.63, 3.8) is 0 Å². The SMILES string of the molecule is O=c1[nH]c2cc3nc4[nH]c(=O)[nH]c(=O)c4nc3cc2[nH]1. The van der Waals surface area contributed by atoms with Crippen molar-refractivity contribution >= 4 is 33.2 Å². The summed E-state index contributed by atoms with van der Waals surface area (Å²) in [7, 11) is 0. The van der Waals surface area contributed by atoms with E-state index in [1.807, 2.05) is 0 Å². The van der Waals surface area contributed by atoms with Crippen LogP contribution < -0.4 is 16.9 Å². The molecule has 4 N–H and O–H groups in total. The molecule has 9 nitrogen and oxygen atoms in total. The van der Waals surface area contributed by atoms with Crippen LogP contribution in [0.3, 0.4) is 0 Å². The van der Waals surface area contributed by atoms with Crippen LogP contribution in [-0.4, -0.2) is 29.9 Å². The molecule has 0 saturated carbocycles. The Morgan fingerprint density at radius 2 is 1.35 bits per heavy atom.